The molecule has 8 heteroatoms. The van der Waals surface area contributed by atoms with Gasteiger partial charge in [-0.05, 0) is 48.0 Å². The van der Waals surface area contributed by atoms with E-state index in [1.807, 2.05) is 0 Å². The molecule has 1 aromatic carbocycles. The van der Waals surface area contributed by atoms with E-state index < -0.39 is 0 Å². The zero-order valence-electron chi connectivity index (χ0n) is 16.0. The van der Waals surface area contributed by atoms with Gasteiger partial charge in [0.05, 0.1) is 6.26 Å². The number of nitrogens with zero attached hydrogens (tertiary/aromatic N) is 1. The third-order valence-corrected chi connectivity index (χ3v) is 3.92. The van der Waals surface area contributed by atoms with E-state index in [2.05, 4.69) is 15.6 Å². The fourth-order valence-corrected chi connectivity index (χ4v) is 2.39. The number of pyridine rings is 1. The normalized spacial score (nSPS) is 10.7. The van der Waals surface area contributed by atoms with Crippen molar-refractivity contribution in [2.75, 3.05) is 6.54 Å². The minimum atomic E-state index is -0.341. The third-order valence-electron chi connectivity index (χ3n) is 3.92. The minimum Gasteiger partial charge on any atom is -0.465 e. The molecule has 0 saturated heterocycles. The first-order valence-electron chi connectivity index (χ1n) is 9.23. The molecule has 30 heavy (non-hydrogen) atoms. The van der Waals surface area contributed by atoms with Gasteiger partial charge < -0.3 is 19.8 Å². The van der Waals surface area contributed by atoms with E-state index in [0.29, 0.717) is 23.9 Å². The molecular weight excluding hydrogens is 389 g/mol. The highest BCUT2D eigenvalue weighted by molar-refractivity contribution is 5.91. The summed E-state index contributed by atoms with van der Waals surface area (Å²) >= 11 is 0. The van der Waals surface area contributed by atoms with E-state index in [1.165, 1.54) is 36.6 Å². The molecule has 0 aliphatic rings. The standard InChI is InChI=1S/C22H20FN3O4/c23-17-4-6-19(7-5-17)30-22-10-3-16(15-26-22)14-25-21(28)11-12-24-20(27)9-8-18-2-1-13-29-18/h1-10,13,15H,11-12,14H2,(H,24,27)(H,25,28). The molecule has 0 fully saturated rings. The highest BCUT2D eigenvalue weighted by Gasteiger charge is 2.04. The molecule has 0 bridgehead atoms. The van der Waals surface area contributed by atoms with Crippen LogP contribution in [0.15, 0.2) is 71.5 Å². The molecule has 2 N–H and O–H groups in total. The Hall–Kier alpha value is -3.94. The summed E-state index contributed by atoms with van der Waals surface area (Å²) in [7, 11) is 0. The Bertz CT molecular complexity index is 984. The number of hydrogen-bond donors (Lipinski definition) is 2. The maximum Gasteiger partial charge on any atom is 0.244 e. The first-order chi connectivity index (χ1) is 14.6. The van der Waals surface area contributed by atoms with Crippen molar-refractivity contribution in [3.05, 3.63) is 84.2 Å². The number of furan rings is 1. The van der Waals surface area contributed by atoms with E-state index in [0.717, 1.165) is 5.56 Å². The van der Waals surface area contributed by atoms with Crippen LogP contribution in [-0.4, -0.2) is 23.3 Å². The topological polar surface area (TPSA) is 93.5 Å². The van der Waals surface area contributed by atoms with Crippen molar-refractivity contribution in [2.24, 2.45) is 0 Å². The summed E-state index contributed by atoms with van der Waals surface area (Å²) in [5, 5.41) is 5.38. The van der Waals surface area contributed by atoms with Crippen molar-refractivity contribution in [1.29, 1.82) is 0 Å². The van der Waals surface area contributed by atoms with Gasteiger partial charge in [0.15, 0.2) is 0 Å². The Morgan fingerprint density at radius 1 is 1.10 bits per heavy atom. The molecule has 2 heterocycles. The number of carbonyl (C=O) groups is 2. The third kappa shape index (κ3) is 6.90. The molecule has 7 nitrogen and oxygen atoms in total. The van der Waals surface area contributed by atoms with Gasteiger partial charge in [0, 0.05) is 37.8 Å². The monoisotopic (exact) mass is 409 g/mol. The summed E-state index contributed by atoms with van der Waals surface area (Å²) in [6.07, 6.45) is 6.15. The van der Waals surface area contributed by atoms with E-state index in [1.54, 1.807) is 36.5 Å². The lowest BCUT2D eigenvalue weighted by Gasteiger charge is -2.07. The summed E-state index contributed by atoms with van der Waals surface area (Å²) in [6, 6.07) is 12.5. The Morgan fingerprint density at radius 3 is 2.63 bits per heavy atom. The summed E-state index contributed by atoms with van der Waals surface area (Å²) in [5.74, 6) is 0.571. The Kier molecular flexibility index (Phi) is 7.32. The minimum absolute atomic E-state index is 0.152. The summed E-state index contributed by atoms with van der Waals surface area (Å²) < 4.78 is 23.5. The molecule has 0 radical (unpaired) electrons. The lowest BCUT2D eigenvalue weighted by atomic mass is 10.2. The molecule has 2 amide bonds. The molecule has 0 aliphatic carbocycles. The number of benzene rings is 1. The molecule has 0 aliphatic heterocycles. The van der Waals surface area contributed by atoms with E-state index in [9.17, 15) is 14.0 Å². The van der Waals surface area contributed by atoms with Gasteiger partial charge in [-0.1, -0.05) is 6.07 Å². The predicted molar refractivity (Wildman–Crippen MR) is 108 cm³/mol. The number of hydrogen-bond acceptors (Lipinski definition) is 5. The lowest BCUT2D eigenvalue weighted by molar-refractivity contribution is -0.121. The largest absolute Gasteiger partial charge is 0.465 e. The highest BCUT2D eigenvalue weighted by atomic mass is 19.1. The van der Waals surface area contributed by atoms with Gasteiger partial charge in [0.2, 0.25) is 17.7 Å². The fraction of sp³-hybridized carbons (Fsp3) is 0.136. The smallest absolute Gasteiger partial charge is 0.244 e. The fourth-order valence-electron chi connectivity index (χ4n) is 2.39. The summed E-state index contributed by atoms with van der Waals surface area (Å²) in [5.41, 5.74) is 0.792. The number of halogens is 1. The number of amides is 2. The molecule has 0 spiro atoms. The first kappa shape index (κ1) is 20.8. The average molecular weight is 409 g/mol. The van der Waals surface area contributed by atoms with Crippen LogP contribution in [0, 0.1) is 5.82 Å². The molecular formula is C22H20FN3O4. The van der Waals surface area contributed by atoms with Crippen molar-refractivity contribution >= 4 is 17.9 Å². The quantitative estimate of drug-likeness (QED) is 0.528. The number of rotatable bonds is 9. The molecule has 3 rings (SSSR count). The highest BCUT2D eigenvalue weighted by Crippen LogP contribution is 2.19. The maximum atomic E-state index is 12.9. The van der Waals surface area contributed by atoms with Crippen LogP contribution in [0.5, 0.6) is 11.6 Å². The van der Waals surface area contributed by atoms with Crippen LogP contribution in [0.25, 0.3) is 6.08 Å². The van der Waals surface area contributed by atoms with E-state index in [-0.39, 0.29) is 30.6 Å². The van der Waals surface area contributed by atoms with Gasteiger partial charge in [-0.25, -0.2) is 9.37 Å². The second-order valence-electron chi connectivity index (χ2n) is 6.23. The molecule has 0 saturated carbocycles. The molecule has 154 valence electrons. The Labute approximate surface area is 172 Å². The van der Waals surface area contributed by atoms with Crippen molar-refractivity contribution in [2.45, 2.75) is 13.0 Å². The number of nitrogens with one attached hydrogen (secondary N) is 2. The van der Waals surface area contributed by atoms with Crippen molar-refractivity contribution < 1.29 is 23.1 Å². The molecule has 0 atom stereocenters. The molecule has 0 unspecified atom stereocenters. The predicted octanol–water partition coefficient (Wildman–Crippen LogP) is 3.44. The SMILES string of the molecule is O=C(C=Cc1ccco1)NCCC(=O)NCc1ccc(Oc2ccc(F)cc2)nc1. The van der Waals surface area contributed by atoms with E-state index in [4.69, 9.17) is 9.15 Å². The molecule has 3 aromatic rings. The zero-order chi connectivity index (χ0) is 21.2. The van der Waals surface area contributed by atoms with Crippen LogP contribution in [0.2, 0.25) is 0 Å². The van der Waals surface area contributed by atoms with Crippen molar-refractivity contribution in [1.82, 2.24) is 15.6 Å². The van der Waals surface area contributed by atoms with Gasteiger partial charge >= 0.3 is 0 Å². The first-order valence-corrected chi connectivity index (χ1v) is 9.23. The van der Waals surface area contributed by atoms with Gasteiger partial charge in [0.25, 0.3) is 0 Å². The van der Waals surface area contributed by atoms with Crippen LogP contribution < -0.4 is 15.4 Å². The Morgan fingerprint density at radius 2 is 1.93 bits per heavy atom. The van der Waals surface area contributed by atoms with Gasteiger partial charge in [0.1, 0.15) is 17.3 Å². The van der Waals surface area contributed by atoms with Crippen LogP contribution in [0.4, 0.5) is 4.39 Å². The average Bonchev–Trinajstić information content (AvgIpc) is 3.27. The lowest BCUT2D eigenvalue weighted by Crippen LogP contribution is -2.29. The number of aromatic nitrogens is 1. The van der Waals surface area contributed by atoms with Crippen LogP contribution in [0.3, 0.4) is 0 Å². The Balaban J connectivity index is 1.35. The van der Waals surface area contributed by atoms with Crippen LogP contribution >= 0.6 is 0 Å². The van der Waals surface area contributed by atoms with Gasteiger partial charge in [-0.3, -0.25) is 9.59 Å². The van der Waals surface area contributed by atoms with Crippen molar-refractivity contribution in [3.8, 4) is 11.6 Å². The second kappa shape index (κ2) is 10.6. The van der Waals surface area contributed by atoms with Gasteiger partial charge in [-0.15, -0.1) is 0 Å². The van der Waals surface area contributed by atoms with E-state index >= 15 is 0 Å². The second-order valence-corrected chi connectivity index (χ2v) is 6.23. The van der Waals surface area contributed by atoms with Crippen LogP contribution in [-0.2, 0) is 16.1 Å². The summed E-state index contributed by atoms with van der Waals surface area (Å²) in [6.45, 7) is 0.519. The maximum absolute atomic E-state index is 12.9. The van der Waals surface area contributed by atoms with Crippen molar-refractivity contribution in [3.63, 3.8) is 0 Å². The zero-order valence-corrected chi connectivity index (χ0v) is 16.0. The van der Waals surface area contributed by atoms with Gasteiger partial charge in [-0.2, -0.15) is 0 Å². The van der Waals surface area contributed by atoms with Crippen LogP contribution in [0.1, 0.15) is 17.7 Å². The number of carbonyl (C=O) groups excluding carboxylic acids is 2. The molecule has 2 aromatic heterocycles. The number of ether oxygens (including phenoxy) is 1. The summed E-state index contributed by atoms with van der Waals surface area (Å²) in [4.78, 5) is 27.7.